The zero-order valence-electron chi connectivity index (χ0n) is 19.5. The second-order valence-electron chi connectivity index (χ2n) is 8.28. The van der Waals surface area contributed by atoms with Gasteiger partial charge in [-0.3, -0.25) is 4.90 Å². The number of anilines is 3. The lowest BCUT2D eigenvalue weighted by atomic mass is 10.1. The van der Waals surface area contributed by atoms with Crippen LogP contribution in [0.1, 0.15) is 17.5 Å². The summed E-state index contributed by atoms with van der Waals surface area (Å²) in [5.41, 5.74) is 3.13. The van der Waals surface area contributed by atoms with E-state index in [2.05, 4.69) is 10.6 Å². The number of carbonyl (C=O) groups excluding carboxylic acids is 2. The Morgan fingerprint density at radius 1 is 1.09 bits per heavy atom. The van der Waals surface area contributed by atoms with E-state index in [0.29, 0.717) is 52.9 Å². The van der Waals surface area contributed by atoms with Crippen molar-refractivity contribution < 1.29 is 18.7 Å². The van der Waals surface area contributed by atoms with Gasteiger partial charge in [-0.05, 0) is 66.9 Å². The van der Waals surface area contributed by atoms with Gasteiger partial charge in [0.15, 0.2) is 0 Å². The van der Waals surface area contributed by atoms with E-state index in [1.54, 1.807) is 41.2 Å². The van der Waals surface area contributed by atoms with Crippen LogP contribution in [0.15, 0.2) is 60.7 Å². The fourth-order valence-corrected chi connectivity index (χ4v) is 4.17. The van der Waals surface area contributed by atoms with Gasteiger partial charge in [0.1, 0.15) is 11.6 Å². The smallest absolute Gasteiger partial charge is 0.324 e. The minimum absolute atomic E-state index is 0.191. The number of methoxy groups -OCH3 is 1. The first kappa shape index (κ1) is 24.3. The first-order chi connectivity index (χ1) is 16.8. The predicted molar refractivity (Wildman–Crippen MR) is 136 cm³/mol. The molecule has 0 atom stereocenters. The minimum atomic E-state index is -0.446. The lowest BCUT2D eigenvalue weighted by Crippen LogP contribution is -2.49. The summed E-state index contributed by atoms with van der Waals surface area (Å²) in [6.45, 7) is 3.11. The zero-order valence-corrected chi connectivity index (χ0v) is 20.2. The molecule has 1 saturated heterocycles. The number of hydrogen-bond donors (Lipinski definition) is 2. The molecule has 0 spiro atoms. The molecule has 4 rings (SSSR count). The van der Waals surface area contributed by atoms with Gasteiger partial charge in [-0.1, -0.05) is 23.7 Å². The molecule has 3 aromatic rings. The lowest BCUT2D eigenvalue weighted by Gasteiger charge is -2.36. The summed E-state index contributed by atoms with van der Waals surface area (Å²) in [5.74, 6) is 0.217. The van der Waals surface area contributed by atoms with E-state index in [1.807, 2.05) is 25.1 Å². The van der Waals surface area contributed by atoms with Crippen LogP contribution in [0.5, 0.6) is 5.75 Å². The van der Waals surface area contributed by atoms with Crippen LogP contribution in [-0.4, -0.2) is 37.2 Å². The van der Waals surface area contributed by atoms with Gasteiger partial charge in [-0.2, -0.15) is 0 Å². The Morgan fingerprint density at radius 2 is 1.91 bits per heavy atom. The zero-order chi connectivity index (χ0) is 24.9. The monoisotopic (exact) mass is 496 g/mol. The number of rotatable bonds is 6. The molecule has 7 nitrogen and oxygen atoms in total. The lowest BCUT2D eigenvalue weighted by molar-refractivity contribution is 0.192. The average Bonchev–Trinajstić information content (AvgIpc) is 2.83. The van der Waals surface area contributed by atoms with Crippen molar-refractivity contribution in [3.63, 3.8) is 0 Å². The molecule has 1 fully saturated rings. The molecule has 1 heterocycles. The number of urea groups is 2. The summed E-state index contributed by atoms with van der Waals surface area (Å²) in [6.07, 6.45) is 0.710. The summed E-state index contributed by atoms with van der Waals surface area (Å²) in [4.78, 5) is 29.4. The number of carbonyl (C=O) groups is 2. The molecule has 0 radical (unpaired) electrons. The van der Waals surface area contributed by atoms with Crippen LogP contribution >= 0.6 is 11.6 Å². The SMILES string of the molecule is COc1cccc(NC(=O)Nc2cc(C)ccc2N2CCCN(Cc3cc(F)ccc3Cl)C2=O)c1. The number of benzene rings is 3. The molecule has 182 valence electrons. The van der Waals surface area contributed by atoms with Gasteiger partial charge in [-0.25, -0.2) is 14.0 Å². The Kier molecular flexibility index (Phi) is 7.41. The molecule has 9 heteroatoms. The summed E-state index contributed by atoms with van der Waals surface area (Å²) in [7, 11) is 1.55. The van der Waals surface area contributed by atoms with Crippen molar-refractivity contribution in [2.45, 2.75) is 19.9 Å². The first-order valence-corrected chi connectivity index (χ1v) is 11.5. The molecule has 0 aromatic heterocycles. The molecular formula is C26H26ClFN4O3. The quantitative estimate of drug-likeness (QED) is 0.422. The predicted octanol–water partition coefficient (Wildman–Crippen LogP) is 6.27. The van der Waals surface area contributed by atoms with E-state index in [4.69, 9.17) is 16.3 Å². The number of aryl methyl sites for hydroxylation is 1. The summed E-state index contributed by atoms with van der Waals surface area (Å²) in [5, 5.41) is 6.05. The van der Waals surface area contributed by atoms with Gasteiger partial charge in [0, 0.05) is 36.4 Å². The van der Waals surface area contributed by atoms with E-state index in [1.165, 1.54) is 18.2 Å². The Bertz CT molecular complexity index is 1250. The third kappa shape index (κ3) is 5.84. The maximum Gasteiger partial charge on any atom is 0.324 e. The maximum atomic E-state index is 13.7. The highest BCUT2D eigenvalue weighted by Gasteiger charge is 2.29. The van der Waals surface area contributed by atoms with Gasteiger partial charge in [0.25, 0.3) is 0 Å². The first-order valence-electron chi connectivity index (χ1n) is 11.2. The number of amides is 4. The van der Waals surface area contributed by atoms with Crippen molar-refractivity contribution in [2.24, 2.45) is 0 Å². The van der Waals surface area contributed by atoms with Gasteiger partial charge < -0.3 is 20.3 Å². The van der Waals surface area contributed by atoms with Crippen molar-refractivity contribution in [3.05, 3.63) is 82.6 Å². The summed E-state index contributed by atoms with van der Waals surface area (Å²) >= 11 is 6.22. The highest BCUT2D eigenvalue weighted by atomic mass is 35.5. The molecule has 1 aliphatic rings. The Balaban J connectivity index is 1.53. The third-order valence-corrected chi connectivity index (χ3v) is 6.07. The van der Waals surface area contributed by atoms with Crippen molar-refractivity contribution >= 4 is 40.7 Å². The molecule has 4 amide bonds. The van der Waals surface area contributed by atoms with Crippen molar-refractivity contribution in [1.29, 1.82) is 0 Å². The van der Waals surface area contributed by atoms with Crippen molar-refractivity contribution in [1.82, 2.24) is 4.90 Å². The Hall–Kier alpha value is -3.78. The summed E-state index contributed by atoms with van der Waals surface area (Å²) < 4.78 is 18.9. The van der Waals surface area contributed by atoms with E-state index < -0.39 is 11.8 Å². The van der Waals surface area contributed by atoms with Crippen LogP contribution in [0.4, 0.5) is 31.0 Å². The molecule has 35 heavy (non-hydrogen) atoms. The molecular weight excluding hydrogens is 471 g/mol. The molecule has 3 aromatic carbocycles. The van der Waals surface area contributed by atoms with E-state index in [0.717, 1.165) is 5.56 Å². The largest absolute Gasteiger partial charge is 0.497 e. The molecule has 0 unspecified atom stereocenters. The van der Waals surface area contributed by atoms with Gasteiger partial charge >= 0.3 is 12.1 Å². The van der Waals surface area contributed by atoms with E-state index in [9.17, 15) is 14.0 Å². The van der Waals surface area contributed by atoms with E-state index >= 15 is 0 Å². The minimum Gasteiger partial charge on any atom is -0.497 e. The fourth-order valence-electron chi connectivity index (χ4n) is 3.99. The van der Waals surface area contributed by atoms with Crippen LogP contribution in [0.2, 0.25) is 5.02 Å². The number of halogens is 2. The van der Waals surface area contributed by atoms with Crippen LogP contribution in [-0.2, 0) is 6.54 Å². The van der Waals surface area contributed by atoms with Gasteiger partial charge in [0.05, 0.1) is 18.5 Å². The average molecular weight is 497 g/mol. The topological polar surface area (TPSA) is 73.9 Å². The maximum absolute atomic E-state index is 13.7. The van der Waals surface area contributed by atoms with E-state index in [-0.39, 0.29) is 12.6 Å². The van der Waals surface area contributed by atoms with Crippen LogP contribution in [0.25, 0.3) is 0 Å². The molecule has 2 N–H and O–H groups in total. The number of nitrogens with zero attached hydrogens (tertiary/aromatic N) is 2. The number of nitrogens with one attached hydrogen (secondary N) is 2. The second kappa shape index (κ2) is 10.7. The molecule has 0 bridgehead atoms. The third-order valence-electron chi connectivity index (χ3n) is 5.70. The van der Waals surface area contributed by atoms with Crippen LogP contribution in [0, 0.1) is 12.7 Å². The molecule has 0 saturated carbocycles. The Morgan fingerprint density at radius 3 is 2.71 bits per heavy atom. The standard InChI is InChI=1S/C26H26ClFN4O3/c1-17-7-10-24(23(13-17)30-25(33)29-20-5-3-6-21(15-20)35-2)32-12-4-11-31(26(32)34)16-18-14-19(28)8-9-22(18)27/h3,5-10,13-15H,4,11-12,16H2,1-2H3,(H2,29,30,33). The number of ether oxygens (including phenoxy) is 1. The van der Waals surface area contributed by atoms with Crippen molar-refractivity contribution in [3.8, 4) is 5.75 Å². The molecule has 0 aliphatic carbocycles. The van der Waals surface area contributed by atoms with Gasteiger partial charge in [-0.15, -0.1) is 0 Å². The second-order valence-corrected chi connectivity index (χ2v) is 8.68. The fraction of sp³-hybridized carbons (Fsp3) is 0.231. The Labute approximate surface area is 208 Å². The number of hydrogen-bond acceptors (Lipinski definition) is 3. The van der Waals surface area contributed by atoms with Gasteiger partial charge in [0.2, 0.25) is 0 Å². The highest BCUT2D eigenvalue weighted by molar-refractivity contribution is 6.31. The molecule has 1 aliphatic heterocycles. The van der Waals surface area contributed by atoms with Crippen LogP contribution in [0.3, 0.4) is 0 Å². The van der Waals surface area contributed by atoms with Crippen LogP contribution < -0.4 is 20.3 Å². The summed E-state index contributed by atoms with van der Waals surface area (Å²) in [6, 6.07) is 16.0. The van der Waals surface area contributed by atoms with Crippen molar-refractivity contribution in [2.75, 3.05) is 35.7 Å². The normalized spacial score (nSPS) is 13.5. The highest BCUT2D eigenvalue weighted by Crippen LogP contribution is 2.31.